The van der Waals surface area contributed by atoms with Crippen molar-refractivity contribution < 1.29 is 5.11 Å². The normalized spacial score (nSPS) is 11.2. The van der Waals surface area contributed by atoms with Gasteiger partial charge in [-0.1, -0.05) is 31.4 Å². The van der Waals surface area contributed by atoms with E-state index in [1.54, 1.807) is 17.0 Å². The molecule has 0 aliphatic rings. The molecule has 0 fully saturated rings. The highest BCUT2D eigenvalue weighted by Gasteiger charge is 2.18. The number of aryl methyl sites for hydroxylation is 1. The third-order valence-electron chi connectivity index (χ3n) is 3.54. The summed E-state index contributed by atoms with van der Waals surface area (Å²) in [6.07, 6.45) is 9.51. The molecule has 3 heterocycles. The standard InChI is InChI=1S/C15H16ClN5O/c1-2-3-4-5-21-13-12(10-6-17-9-18-7-10)11(16)8-19-14(13)20-15(21)22/h6-9H,2-5H2,1H3,(H,19,20,22). The van der Waals surface area contributed by atoms with Crippen molar-refractivity contribution in [1.29, 1.82) is 0 Å². The van der Waals surface area contributed by atoms with E-state index in [1.807, 2.05) is 0 Å². The summed E-state index contributed by atoms with van der Waals surface area (Å²) in [5, 5.41) is 10.6. The Morgan fingerprint density at radius 2 is 1.95 bits per heavy atom. The molecule has 0 aromatic carbocycles. The van der Waals surface area contributed by atoms with E-state index in [0.717, 1.165) is 35.9 Å². The summed E-state index contributed by atoms with van der Waals surface area (Å²) >= 11 is 6.34. The third kappa shape index (κ3) is 2.62. The number of hydrogen-bond donors (Lipinski definition) is 1. The van der Waals surface area contributed by atoms with Crippen molar-refractivity contribution in [2.45, 2.75) is 32.7 Å². The Morgan fingerprint density at radius 3 is 2.68 bits per heavy atom. The van der Waals surface area contributed by atoms with E-state index in [0.29, 0.717) is 17.2 Å². The molecule has 22 heavy (non-hydrogen) atoms. The highest BCUT2D eigenvalue weighted by molar-refractivity contribution is 6.34. The average Bonchev–Trinajstić information content (AvgIpc) is 2.85. The van der Waals surface area contributed by atoms with Crippen LogP contribution in [0, 0.1) is 0 Å². The quantitative estimate of drug-likeness (QED) is 0.729. The zero-order valence-electron chi connectivity index (χ0n) is 12.2. The molecule has 3 aromatic rings. The Kier molecular flexibility index (Phi) is 4.20. The van der Waals surface area contributed by atoms with Gasteiger partial charge in [0.15, 0.2) is 5.65 Å². The predicted molar refractivity (Wildman–Crippen MR) is 84.8 cm³/mol. The number of halogens is 1. The molecule has 114 valence electrons. The van der Waals surface area contributed by atoms with Crippen molar-refractivity contribution in [1.82, 2.24) is 24.5 Å². The molecule has 6 nitrogen and oxygen atoms in total. The van der Waals surface area contributed by atoms with E-state index < -0.39 is 0 Å². The summed E-state index contributed by atoms with van der Waals surface area (Å²) in [6.45, 7) is 2.80. The Labute approximate surface area is 132 Å². The maximum atomic E-state index is 10.1. The van der Waals surface area contributed by atoms with Gasteiger partial charge in [0.2, 0.25) is 0 Å². The molecule has 0 atom stereocenters. The van der Waals surface area contributed by atoms with Gasteiger partial charge in [-0.15, -0.1) is 0 Å². The second-order valence-corrected chi connectivity index (χ2v) is 5.46. The monoisotopic (exact) mass is 317 g/mol. The predicted octanol–water partition coefficient (Wildman–Crippen LogP) is 3.44. The summed E-state index contributed by atoms with van der Waals surface area (Å²) in [6, 6.07) is -0.0426. The molecule has 0 aliphatic heterocycles. The fourth-order valence-electron chi connectivity index (χ4n) is 2.50. The number of rotatable bonds is 5. The Hall–Kier alpha value is -2.21. The van der Waals surface area contributed by atoms with Gasteiger partial charge in [0, 0.05) is 36.3 Å². The number of aromatic hydroxyl groups is 1. The molecule has 7 heteroatoms. The van der Waals surface area contributed by atoms with E-state index in [-0.39, 0.29) is 6.01 Å². The molecule has 3 aromatic heterocycles. The van der Waals surface area contributed by atoms with Crippen molar-refractivity contribution in [2.75, 3.05) is 0 Å². The fraction of sp³-hybridized carbons (Fsp3) is 0.333. The first-order chi connectivity index (χ1) is 10.7. The van der Waals surface area contributed by atoms with Crippen molar-refractivity contribution >= 4 is 22.8 Å². The molecule has 3 rings (SSSR count). The number of fused-ring (bicyclic) bond motifs is 1. The molecule has 0 spiro atoms. The lowest BCUT2D eigenvalue weighted by atomic mass is 10.1. The van der Waals surface area contributed by atoms with Crippen LogP contribution in [0.15, 0.2) is 24.9 Å². The first kappa shape index (κ1) is 14.7. The average molecular weight is 318 g/mol. The third-order valence-corrected chi connectivity index (χ3v) is 3.83. The Morgan fingerprint density at radius 1 is 1.18 bits per heavy atom. The molecule has 0 unspecified atom stereocenters. The largest absolute Gasteiger partial charge is 0.480 e. The number of unbranched alkanes of at least 4 members (excludes halogenated alkanes) is 2. The van der Waals surface area contributed by atoms with E-state index >= 15 is 0 Å². The van der Waals surface area contributed by atoms with Crippen LogP contribution in [-0.2, 0) is 6.54 Å². The lowest BCUT2D eigenvalue weighted by molar-refractivity contribution is 0.397. The van der Waals surface area contributed by atoms with Crippen LogP contribution in [0.4, 0.5) is 0 Å². The van der Waals surface area contributed by atoms with Gasteiger partial charge < -0.3 is 5.11 Å². The molecule has 0 radical (unpaired) electrons. The van der Waals surface area contributed by atoms with Crippen molar-refractivity contribution in [2.24, 2.45) is 0 Å². The SMILES string of the molecule is CCCCCn1c(O)nc2ncc(Cl)c(-c3cncnc3)c21. The van der Waals surface area contributed by atoms with Crippen LogP contribution < -0.4 is 0 Å². The Bertz CT molecular complexity index is 787. The first-order valence-electron chi connectivity index (χ1n) is 7.21. The molecule has 0 aliphatic carbocycles. The topological polar surface area (TPSA) is 76.7 Å². The molecule has 0 saturated carbocycles. The van der Waals surface area contributed by atoms with Crippen LogP contribution in [0.5, 0.6) is 6.01 Å². The van der Waals surface area contributed by atoms with E-state index in [1.165, 1.54) is 12.5 Å². The second-order valence-electron chi connectivity index (χ2n) is 5.05. The smallest absolute Gasteiger partial charge is 0.296 e. The minimum absolute atomic E-state index is 0.0426. The highest BCUT2D eigenvalue weighted by Crippen LogP contribution is 2.35. The number of pyridine rings is 1. The van der Waals surface area contributed by atoms with Crippen LogP contribution in [0.25, 0.3) is 22.3 Å². The molecule has 0 bridgehead atoms. The molecule has 0 amide bonds. The van der Waals surface area contributed by atoms with Crippen LogP contribution in [0.2, 0.25) is 5.02 Å². The van der Waals surface area contributed by atoms with Crippen LogP contribution in [-0.4, -0.2) is 29.6 Å². The van der Waals surface area contributed by atoms with Gasteiger partial charge in [0.25, 0.3) is 6.01 Å². The number of hydrogen-bond acceptors (Lipinski definition) is 5. The van der Waals surface area contributed by atoms with Crippen molar-refractivity contribution in [3.63, 3.8) is 0 Å². The molecule has 1 N–H and O–H groups in total. The highest BCUT2D eigenvalue weighted by atomic mass is 35.5. The van der Waals surface area contributed by atoms with Gasteiger partial charge in [-0.05, 0) is 6.42 Å². The van der Waals surface area contributed by atoms with Gasteiger partial charge in [-0.2, -0.15) is 4.98 Å². The first-order valence-corrected chi connectivity index (χ1v) is 7.59. The zero-order valence-corrected chi connectivity index (χ0v) is 13.0. The molecular formula is C15H16ClN5O. The lowest BCUT2D eigenvalue weighted by Crippen LogP contribution is -1.99. The van der Waals surface area contributed by atoms with E-state index in [9.17, 15) is 5.11 Å². The van der Waals surface area contributed by atoms with Crippen molar-refractivity contribution in [3.8, 4) is 17.1 Å². The second kappa shape index (κ2) is 6.27. The minimum atomic E-state index is -0.0426. The van der Waals surface area contributed by atoms with E-state index in [2.05, 4.69) is 26.9 Å². The van der Waals surface area contributed by atoms with Crippen LogP contribution in [0.3, 0.4) is 0 Å². The molecular weight excluding hydrogens is 302 g/mol. The zero-order chi connectivity index (χ0) is 15.5. The number of aromatic nitrogens is 5. The molecule has 0 saturated heterocycles. The minimum Gasteiger partial charge on any atom is -0.480 e. The van der Waals surface area contributed by atoms with Crippen LogP contribution in [0.1, 0.15) is 26.2 Å². The van der Waals surface area contributed by atoms with Gasteiger partial charge in [0.05, 0.1) is 10.5 Å². The van der Waals surface area contributed by atoms with Gasteiger partial charge in [-0.25, -0.2) is 15.0 Å². The lowest BCUT2D eigenvalue weighted by Gasteiger charge is -2.10. The summed E-state index contributed by atoms with van der Waals surface area (Å²) in [5.41, 5.74) is 2.71. The summed E-state index contributed by atoms with van der Waals surface area (Å²) in [4.78, 5) is 16.4. The van der Waals surface area contributed by atoms with Crippen molar-refractivity contribution in [3.05, 3.63) is 29.9 Å². The van der Waals surface area contributed by atoms with E-state index in [4.69, 9.17) is 11.6 Å². The number of nitrogens with zero attached hydrogens (tertiary/aromatic N) is 5. The summed E-state index contributed by atoms with van der Waals surface area (Å²) < 4.78 is 1.76. The van der Waals surface area contributed by atoms with Gasteiger partial charge in [0.1, 0.15) is 6.33 Å². The Balaban J connectivity index is 2.19. The maximum absolute atomic E-state index is 10.1. The fourth-order valence-corrected chi connectivity index (χ4v) is 2.74. The summed E-state index contributed by atoms with van der Waals surface area (Å²) in [7, 11) is 0. The number of imidazole rings is 1. The maximum Gasteiger partial charge on any atom is 0.296 e. The summed E-state index contributed by atoms with van der Waals surface area (Å²) in [5.74, 6) is 0. The van der Waals surface area contributed by atoms with Gasteiger partial charge in [-0.3, -0.25) is 4.57 Å². The van der Waals surface area contributed by atoms with Gasteiger partial charge >= 0.3 is 0 Å². The van der Waals surface area contributed by atoms with Crippen LogP contribution >= 0.6 is 11.6 Å².